The fraction of sp³-hybridized carbons (Fsp3) is 0.533. The molecule has 0 bridgehead atoms. The molecule has 0 saturated carbocycles. The van der Waals surface area contributed by atoms with Crippen LogP contribution in [0, 0.1) is 10.7 Å². The fourth-order valence-corrected chi connectivity index (χ4v) is 2.68. The topological polar surface area (TPSA) is 50.7 Å². The molecule has 0 aliphatic heterocycles. The standard InChI is InChI=1S/C15H21N3OS/c1-3-5-7-11(4-2)10-18-14(19)12-8-6-9-16-13(12)17-15(18)20/h6,8-9,11H,3-5,7,10H2,1-2H3,(H,16,17,20)/t11-/m1/s1. The molecule has 1 N–H and O–H groups in total. The van der Waals surface area contributed by atoms with E-state index in [0.29, 0.717) is 28.3 Å². The van der Waals surface area contributed by atoms with E-state index >= 15 is 0 Å². The van der Waals surface area contributed by atoms with Crippen molar-refractivity contribution in [2.24, 2.45) is 5.92 Å². The van der Waals surface area contributed by atoms with Crippen LogP contribution in [0.3, 0.4) is 0 Å². The minimum Gasteiger partial charge on any atom is -0.316 e. The maximum atomic E-state index is 12.5. The first-order valence-corrected chi connectivity index (χ1v) is 7.66. The third-order valence-electron chi connectivity index (χ3n) is 3.74. The van der Waals surface area contributed by atoms with Crippen LogP contribution in [0.25, 0.3) is 11.0 Å². The zero-order chi connectivity index (χ0) is 14.5. The quantitative estimate of drug-likeness (QED) is 0.826. The summed E-state index contributed by atoms with van der Waals surface area (Å²) in [6.07, 6.45) is 6.23. The van der Waals surface area contributed by atoms with Gasteiger partial charge in [0.2, 0.25) is 0 Å². The van der Waals surface area contributed by atoms with Crippen molar-refractivity contribution in [3.8, 4) is 0 Å². The Kier molecular flexibility index (Phi) is 5.06. The number of pyridine rings is 1. The largest absolute Gasteiger partial charge is 0.316 e. The molecule has 0 fully saturated rings. The Morgan fingerprint density at radius 3 is 2.95 bits per heavy atom. The summed E-state index contributed by atoms with van der Waals surface area (Å²) in [5.41, 5.74) is 0.534. The van der Waals surface area contributed by atoms with E-state index in [1.54, 1.807) is 22.9 Å². The number of rotatable bonds is 6. The predicted octanol–water partition coefficient (Wildman–Crippen LogP) is 3.67. The number of nitrogens with one attached hydrogen (secondary N) is 1. The zero-order valence-corrected chi connectivity index (χ0v) is 12.9. The zero-order valence-electron chi connectivity index (χ0n) is 12.1. The van der Waals surface area contributed by atoms with Crippen LogP contribution in [0.1, 0.15) is 39.5 Å². The first kappa shape index (κ1) is 14.9. The second-order valence-corrected chi connectivity index (χ2v) is 5.55. The van der Waals surface area contributed by atoms with Crippen molar-refractivity contribution in [2.45, 2.75) is 46.1 Å². The van der Waals surface area contributed by atoms with E-state index < -0.39 is 0 Å². The summed E-state index contributed by atoms with van der Waals surface area (Å²) in [4.78, 5) is 19.7. The number of aromatic amines is 1. The Bertz CT molecular complexity index is 689. The van der Waals surface area contributed by atoms with Gasteiger partial charge in [0.05, 0.1) is 5.39 Å². The average molecular weight is 291 g/mol. The molecule has 0 amide bonds. The third-order valence-corrected chi connectivity index (χ3v) is 4.06. The van der Waals surface area contributed by atoms with Gasteiger partial charge in [-0.2, -0.15) is 0 Å². The highest BCUT2D eigenvalue weighted by atomic mass is 32.1. The van der Waals surface area contributed by atoms with E-state index in [1.807, 2.05) is 0 Å². The van der Waals surface area contributed by atoms with Crippen LogP contribution >= 0.6 is 12.2 Å². The van der Waals surface area contributed by atoms with Crippen molar-refractivity contribution in [1.82, 2.24) is 14.5 Å². The van der Waals surface area contributed by atoms with E-state index in [9.17, 15) is 4.79 Å². The Labute approximate surface area is 123 Å². The molecular weight excluding hydrogens is 270 g/mol. The van der Waals surface area contributed by atoms with Gasteiger partial charge in [0.1, 0.15) is 5.65 Å². The molecule has 0 spiro atoms. The highest BCUT2D eigenvalue weighted by Crippen LogP contribution is 2.15. The minimum atomic E-state index is -0.0354. The molecule has 2 rings (SSSR count). The van der Waals surface area contributed by atoms with Gasteiger partial charge < -0.3 is 4.98 Å². The summed E-state index contributed by atoms with van der Waals surface area (Å²) in [6, 6.07) is 3.57. The van der Waals surface area contributed by atoms with E-state index in [-0.39, 0.29) is 5.56 Å². The number of hydrogen-bond donors (Lipinski definition) is 1. The number of fused-ring (bicyclic) bond motifs is 1. The second-order valence-electron chi connectivity index (χ2n) is 5.16. The monoisotopic (exact) mass is 291 g/mol. The highest BCUT2D eigenvalue weighted by Gasteiger charge is 2.11. The van der Waals surface area contributed by atoms with Gasteiger partial charge in [-0.15, -0.1) is 0 Å². The Balaban J connectivity index is 2.39. The molecule has 108 valence electrons. The van der Waals surface area contributed by atoms with Gasteiger partial charge in [0, 0.05) is 12.7 Å². The number of aromatic nitrogens is 3. The molecule has 0 aliphatic carbocycles. The molecule has 2 aromatic heterocycles. The van der Waals surface area contributed by atoms with Gasteiger partial charge in [0.25, 0.3) is 5.56 Å². The number of unbranched alkanes of at least 4 members (excludes halogenated alkanes) is 1. The molecular formula is C15H21N3OS. The second kappa shape index (κ2) is 6.79. The first-order chi connectivity index (χ1) is 9.67. The van der Waals surface area contributed by atoms with Crippen LogP contribution < -0.4 is 5.56 Å². The maximum absolute atomic E-state index is 12.5. The first-order valence-electron chi connectivity index (χ1n) is 7.25. The molecule has 1 atom stereocenters. The molecule has 2 aromatic rings. The molecule has 5 heteroatoms. The Hall–Kier alpha value is -1.49. The van der Waals surface area contributed by atoms with E-state index in [2.05, 4.69) is 23.8 Å². The smallest absolute Gasteiger partial charge is 0.263 e. The molecule has 0 radical (unpaired) electrons. The number of nitrogens with zero attached hydrogens (tertiary/aromatic N) is 2. The third kappa shape index (κ3) is 3.15. The van der Waals surface area contributed by atoms with Gasteiger partial charge in [-0.25, -0.2) is 4.98 Å². The van der Waals surface area contributed by atoms with Crippen molar-refractivity contribution >= 4 is 23.3 Å². The molecule has 0 unspecified atom stereocenters. The summed E-state index contributed by atoms with van der Waals surface area (Å²) in [6.45, 7) is 5.04. The van der Waals surface area contributed by atoms with Crippen molar-refractivity contribution in [3.05, 3.63) is 33.5 Å². The lowest BCUT2D eigenvalue weighted by molar-refractivity contribution is 0.382. The highest BCUT2D eigenvalue weighted by molar-refractivity contribution is 7.71. The van der Waals surface area contributed by atoms with E-state index in [0.717, 1.165) is 12.8 Å². The van der Waals surface area contributed by atoms with Crippen LogP contribution in [-0.2, 0) is 6.54 Å². The number of H-pyrrole nitrogens is 1. The predicted molar refractivity (Wildman–Crippen MR) is 84.5 cm³/mol. The van der Waals surface area contributed by atoms with Crippen molar-refractivity contribution in [2.75, 3.05) is 0 Å². The lowest BCUT2D eigenvalue weighted by Crippen LogP contribution is -2.26. The molecule has 0 aliphatic rings. The summed E-state index contributed by atoms with van der Waals surface area (Å²) in [5.74, 6) is 0.497. The van der Waals surface area contributed by atoms with Gasteiger partial charge in [-0.3, -0.25) is 9.36 Å². The lowest BCUT2D eigenvalue weighted by atomic mass is 9.99. The molecule has 0 saturated heterocycles. The van der Waals surface area contributed by atoms with Gasteiger partial charge in [-0.1, -0.05) is 33.1 Å². The summed E-state index contributed by atoms with van der Waals surface area (Å²) < 4.78 is 2.15. The lowest BCUT2D eigenvalue weighted by Gasteiger charge is -2.16. The van der Waals surface area contributed by atoms with Crippen LogP contribution in [-0.4, -0.2) is 14.5 Å². The van der Waals surface area contributed by atoms with Gasteiger partial charge >= 0.3 is 0 Å². The minimum absolute atomic E-state index is 0.0354. The molecule has 0 aromatic carbocycles. The van der Waals surface area contributed by atoms with Crippen molar-refractivity contribution in [3.63, 3.8) is 0 Å². The van der Waals surface area contributed by atoms with Crippen LogP contribution in [0.15, 0.2) is 23.1 Å². The van der Waals surface area contributed by atoms with E-state index in [1.165, 1.54) is 12.8 Å². The van der Waals surface area contributed by atoms with Gasteiger partial charge in [0.15, 0.2) is 4.77 Å². The Morgan fingerprint density at radius 2 is 2.25 bits per heavy atom. The molecule has 4 nitrogen and oxygen atoms in total. The average Bonchev–Trinajstić information content (AvgIpc) is 2.46. The van der Waals surface area contributed by atoms with Crippen LogP contribution in [0.5, 0.6) is 0 Å². The Morgan fingerprint density at radius 1 is 1.45 bits per heavy atom. The van der Waals surface area contributed by atoms with Crippen LogP contribution in [0.4, 0.5) is 0 Å². The number of hydrogen-bond acceptors (Lipinski definition) is 3. The maximum Gasteiger partial charge on any atom is 0.263 e. The van der Waals surface area contributed by atoms with E-state index in [4.69, 9.17) is 12.2 Å². The summed E-state index contributed by atoms with van der Waals surface area (Å²) in [7, 11) is 0. The van der Waals surface area contributed by atoms with Gasteiger partial charge in [-0.05, 0) is 36.7 Å². The summed E-state index contributed by atoms with van der Waals surface area (Å²) >= 11 is 5.31. The van der Waals surface area contributed by atoms with Crippen molar-refractivity contribution < 1.29 is 0 Å². The summed E-state index contributed by atoms with van der Waals surface area (Å²) in [5, 5.41) is 0.603. The fourth-order valence-electron chi connectivity index (χ4n) is 2.43. The van der Waals surface area contributed by atoms with Crippen LogP contribution in [0.2, 0.25) is 0 Å². The SMILES string of the molecule is CCCC[C@@H](CC)Cn1c(=S)[nH]c2ncccc2c1=O. The molecule has 20 heavy (non-hydrogen) atoms. The van der Waals surface area contributed by atoms with Crippen molar-refractivity contribution in [1.29, 1.82) is 0 Å². The molecule has 2 heterocycles. The normalized spacial score (nSPS) is 12.7.